The largest absolute Gasteiger partial charge is 0.454 e. The van der Waals surface area contributed by atoms with Gasteiger partial charge in [0.2, 0.25) is 16.8 Å². The molecule has 0 saturated heterocycles. The third kappa shape index (κ3) is 5.53. The van der Waals surface area contributed by atoms with Gasteiger partial charge in [-0.3, -0.25) is 4.79 Å². The molecule has 11 heteroatoms. The van der Waals surface area contributed by atoms with Crippen LogP contribution >= 0.6 is 11.6 Å². The molecule has 3 aromatic rings. The number of carbonyl (C=O) groups is 1. The lowest BCUT2D eigenvalue weighted by atomic mass is 10.2. The maximum atomic E-state index is 14.2. The van der Waals surface area contributed by atoms with Gasteiger partial charge in [-0.05, 0) is 54.1 Å². The van der Waals surface area contributed by atoms with Gasteiger partial charge in [-0.25, -0.2) is 18.2 Å². The van der Waals surface area contributed by atoms with E-state index in [0.717, 1.165) is 4.31 Å². The molecule has 1 heterocycles. The van der Waals surface area contributed by atoms with Crippen molar-refractivity contribution in [2.24, 2.45) is 5.10 Å². The quantitative estimate of drug-likeness (QED) is 0.374. The number of nitrogens with one attached hydrogen (secondary N) is 1. The van der Waals surface area contributed by atoms with Crippen molar-refractivity contribution in [3.05, 3.63) is 88.7 Å². The van der Waals surface area contributed by atoms with E-state index in [1.165, 1.54) is 48.7 Å². The predicted molar refractivity (Wildman–Crippen MR) is 124 cm³/mol. The van der Waals surface area contributed by atoms with Gasteiger partial charge in [-0.1, -0.05) is 29.8 Å². The average molecular weight is 504 g/mol. The number of sulfonamides is 1. The molecule has 0 bridgehead atoms. The molecular weight excluding hydrogens is 485 g/mol. The van der Waals surface area contributed by atoms with Gasteiger partial charge in [0.15, 0.2) is 11.5 Å². The summed E-state index contributed by atoms with van der Waals surface area (Å²) in [7, 11) is -4.15. The fraction of sp³-hybridized carbons (Fsp3) is 0.130. The Bertz CT molecular complexity index is 1330. The zero-order valence-corrected chi connectivity index (χ0v) is 19.2. The van der Waals surface area contributed by atoms with Crippen LogP contribution in [0.5, 0.6) is 11.5 Å². The number of amides is 1. The number of rotatable bonds is 8. The summed E-state index contributed by atoms with van der Waals surface area (Å²) in [6, 6.07) is 16.4. The van der Waals surface area contributed by atoms with E-state index >= 15 is 0 Å². The summed E-state index contributed by atoms with van der Waals surface area (Å²) in [6.07, 6.45) is 1.38. The van der Waals surface area contributed by atoms with Gasteiger partial charge in [-0.2, -0.15) is 9.41 Å². The standard InChI is InChI=1S/C23H19ClFN3O5S/c24-18-6-8-19(9-7-18)34(30,31)28(13-17-3-1-2-4-20(17)25)14-23(29)27-26-12-16-5-10-21-22(11-16)33-15-32-21/h1-12H,13-15H2,(H,27,29)/b26-12-. The molecule has 176 valence electrons. The summed E-state index contributed by atoms with van der Waals surface area (Å²) in [4.78, 5) is 12.5. The smallest absolute Gasteiger partial charge is 0.255 e. The molecule has 34 heavy (non-hydrogen) atoms. The fourth-order valence-corrected chi connectivity index (χ4v) is 4.67. The van der Waals surface area contributed by atoms with Crippen molar-refractivity contribution in [1.82, 2.24) is 9.73 Å². The van der Waals surface area contributed by atoms with Crippen LogP contribution < -0.4 is 14.9 Å². The number of hydrazone groups is 1. The number of nitrogens with zero attached hydrogens (tertiary/aromatic N) is 2. The van der Waals surface area contributed by atoms with Crippen LogP contribution in [0.3, 0.4) is 0 Å². The van der Waals surface area contributed by atoms with Crippen molar-refractivity contribution in [2.75, 3.05) is 13.3 Å². The first-order chi connectivity index (χ1) is 16.3. The summed E-state index contributed by atoms with van der Waals surface area (Å²) in [5, 5.41) is 4.23. The molecule has 0 unspecified atom stereocenters. The van der Waals surface area contributed by atoms with Crippen LogP contribution in [0.25, 0.3) is 0 Å². The van der Waals surface area contributed by atoms with Crippen LogP contribution in [0.15, 0.2) is 76.7 Å². The highest BCUT2D eigenvalue weighted by Gasteiger charge is 2.27. The highest BCUT2D eigenvalue weighted by atomic mass is 35.5. The van der Waals surface area contributed by atoms with Crippen molar-refractivity contribution < 1.29 is 27.1 Å². The molecule has 8 nitrogen and oxygen atoms in total. The van der Waals surface area contributed by atoms with Gasteiger partial charge < -0.3 is 9.47 Å². The maximum absolute atomic E-state index is 14.2. The molecule has 0 saturated carbocycles. The molecule has 0 aromatic heterocycles. The van der Waals surface area contributed by atoms with Crippen LogP contribution in [-0.2, 0) is 21.4 Å². The summed E-state index contributed by atoms with van der Waals surface area (Å²) in [5.41, 5.74) is 3.06. The minimum absolute atomic E-state index is 0.0788. The van der Waals surface area contributed by atoms with Crippen LogP contribution in [0, 0.1) is 5.82 Å². The molecule has 1 aliphatic heterocycles. The third-order valence-electron chi connectivity index (χ3n) is 4.88. The highest BCUT2D eigenvalue weighted by molar-refractivity contribution is 7.89. The lowest BCUT2D eigenvalue weighted by Crippen LogP contribution is -2.39. The Morgan fingerprint density at radius 1 is 1.09 bits per heavy atom. The first-order valence-electron chi connectivity index (χ1n) is 10.0. The molecule has 0 fully saturated rings. The van der Waals surface area contributed by atoms with E-state index in [9.17, 15) is 17.6 Å². The Morgan fingerprint density at radius 2 is 1.82 bits per heavy atom. The van der Waals surface area contributed by atoms with E-state index in [0.29, 0.717) is 22.1 Å². The van der Waals surface area contributed by atoms with E-state index in [2.05, 4.69) is 10.5 Å². The first kappa shape index (κ1) is 23.7. The second-order valence-electron chi connectivity index (χ2n) is 7.22. The van der Waals surface area contributed by atoms with E-state index in [1.54, 1.807) is 24.3 Å². The lowest BCUT2D eigenvalue weighted by molar-refractivity contribution is -0.121. The number of hydrogen-bond donors (Lipinski definition) is 1. The summed E-state index contributed by atoms with van der Waals surface area (Å²) < 4.78 is 52.1. The number of hydrogen-bond acceptors (Lipinski definition) is 6. The minimum Gasteiger partial charge on any atom is -0.454 e. The number of ether oxygens (including phenoxy) is 2. The van der Waals surface area contributed by atoms with E-state index in [4.69, 9.17) is 21.1 Å². The maximum Gasteiger partial charge on any atom is 0.255 e. The van der Waals surface area contributed by atoms with Crippen LogP contribution in [-0.4, -0.2) is 38.2 Å². The van der Waals surface area contributed by atoms with Crippen LogP contribution in [0.2, 0.25) is 5.02 Å². The molecule has 1 aliphatic rings. The van der Waals surface area contributed by atoms with Gasteiger partial charge in [0.25, 0.3) is 5.91 Å². The predicted octanol–water partition coefficient (Wildman–Crippen LogP) is 3.55. The SMILES string of the molecule is O=C(CN(Cc1ccccc1F)S(=O)(=O)c1ccc(Cl)cc1)N/N=C\c1ccc2c(c1)OCO2. The summed E-state index contributed by atoms with van der Waals surface area (Å²) in [6.45, 7) is -0.804. The zero-order valence-electron chi connectivity index (χ0n) is 17.6. The van der Waals surface area contributed by atoms with Crippen molar-refractivity contribution in [2.45, 2.75) is 11.4 Å². The Hall–Kier alpha value is -3.47. The lowest BCUT2D eigenvalue weighted by Gasteiger charge is -2.21. The number of fused-ring (bicyclic) bond motifs is 1. The monoisotopic (exact) mass is 503 g/mol. The topological polar surface area (TPSA) is 97.3 Å². The second kappa shape index (κ2) is 10.2. The molecule has 4 rings (SSSR count). The molecule has 0 radical (unpaired) electrons. The summed E-state index contributed by atoms with van der Waals surface area (Å²) >= 11 is 5.86. The van der Waals surface area contributed by atoms with Crippen molar-refractivity contribution in [3.8, 4) is 11.5 Å². The molecule has 0 aliphatic carbocycles. The van der Waals surface area contributed by atoms with Crippen LogP contribution in [0.1, 0.15) is 11.1 Å². The minimum atomic E-state index is -4.15. The third-order valence-corrected chi connectivity index (χ3v) is 6.93. The highest BCUT2D eigenvalue weighted by Crippen LogP contribution is 2.32. The molecule has 1 N–H and O–H groups in total. The van der Waals surface area contributed by atoms with Gasteiger partial charge in [0.1, 0.15) is 5.82 Å². The zero-order chi connectivity index (χ0) is 24.1. The molecule has 0 spiro atoms. The van der Waals surface area contributed by atoms with E-state index < -0.39 is 28.3 Å². The van der Waals surface area contributed by atoms with Crippen molar-refractivity contribution >= 4 is 33.7 Å². The first-order valence-corrected chi connectivity index (χ1v) is 11.9. The Kier molecular flexibility index (Phi) is 7.11. The number of halogens is 2. The van der Waals surface area contributed by atoms with Crippen molar-refractivity contribution in [3.63, 3.8) is 0 Å². The average Bonchev–Trinajstić information content (AvgIpc) is 3.28. The van der Waals surface area contributed by atoms with Gasteiger partial charge in [0.05, 0.1) is 17.7 Å². The molecule has 3 aromatic carbocycles. The van der Waals surface area contributed by atoms with E-state index in [1.807, 2.05) is 0 Å². The summed E-state index contributed by atoms with van der Waals surface area (Å²) in [5.74, 6) is -0.122. The van der Waals surface area contributed by atoms with Crippen LogP contribution in [0.4, 0.5) is 4.39 Å². The molecule has 1 amide bonds. The number of carbonyl (C=O) groups excluding carboxylic acids is 1. The Balaban J connectivity index is 1.50. The molecular formula is C23H19ClFN3O5S. The van der Waals surface area contributed by atoms with Gasteiger partial charge >= 0.3 is 0 Å². The van der Waals surface area contributed by atoms with Gasteiger partial charge in [-0.15, -0.1) is 0 Å². The second-order valence-corrected chi connectivity index (χ2v) is 9.60. The fourth-order valence-electron chi connectivity index (χ4n) is 3.17. The van der Waals surface area contributed by atoms with Gasteiger partial charge in [0, 0.05) is 17.1 Å². The van der Waals surface area contributed by atoms with Crippen molar-refractivity contribution in [1.29, 1.82) is 0 Å². The Morgan fingerprint density at radius 3 is 2.59 bits per heavy atom. The number of benzene rings is 3. The Labute approximate surface area is 200 Å². The molecule has 0 atom stereocenters. The van der Waals surface area contributed by atoms with E-state index in [-0.39, 0.29) is 23.8 Å². The normalized spacial score (nSPS) is 12.9.